The number of ether oxygens (including phenoxy) is 1. The van der Waals surface area contributed by atoms with Gasteiger partial charge in [-0.2, -0.15) is 0 Å². The third-order valence-corrected chi connectivity index (χ3v) is 8.41. The maximum Gasteiger partial charge on any atom is 0.410 e. The van der Waals surface area contributed by atoms with Gasteiger partial charge in [0.1, 0.15) is 6.10 Å². The molecule has 0 unspecified atom stereocenters. The molecule has 0 spiro atoms. The molecule has 0 bridgehead atoms. The van der Waals surface area contributed by atoms with Crippen molar-refractivity contribution in [1.82, 2.24) is 9.80 Å². The molecule has 1 aliphatic heterocycles. The molecule has 0 N–H and O–H groups in total. The summed E-state index contributed by atoms with van der Waals surface area (Å²) in [6.45, 7) is 8.35. The van der Waals surface area contributed by atoms with Crippen LogP contribution in [-0.2, 0) is 4.74 Å². The van der Waals surface area contributed by atoms with Crippen molar-refractivity contribution in [2.24, 2.45) is 0 Å². The van der Waals surface area contributed by atoms with Gasteiger partial charge in [-0.15, -0.1) is 0 Å². The summed E-state index contributed by atoms with van der Waals surface area (Å²) >= 11 is 0. The molecular weight excluding hydrogens is 480 g/mol. The van der Waals surface area contributed by atoms with Crippen molar-refractivity contribution in [3.8, 4) is 0 Å². The Kier molecular flexibility index (Phi) is 25.1. The topological polar surface area (TPSA) is 32.8 Å². The van der Waals surface area contributed by atoms with Gasteiger partial charge in [-0.3, -0.25) is 0 Å². The van der Waals surface area contributed by atoms with Crippen molar-refractivity contribution in [1.29, 1.82) is 0 Å². The summed E-state index contributed by atoms with van der Waals surface area (Å²) in [5.74, 6) is 0. The lowest BCUT2D eigenvalue weighted by atomic mass is 10.1. The number of likely N-dealkylation sites (tertiary alicyclic amines) is 1. The number of unbranched alkanes of at least 4 members (excludes halogenated alkanes) is 19. The van der Waals surface area contributed by atoms with Crippen molar-refractivity contribution in [3.05, 3.63) is 12.2 Å². The van der Waals surface area contributed by atoms with Crippen LogP contribution in [-0.4, -0.2) is 55.2 Å². The Bertz CT molecular complexity index is 557. The van der Waals surface area contributed by atoms with Crippen LogP contribution in [0.1, 0.15) is 168 Å². The normalized spacial score (nSPS) is 14.8. The molecule has 0 aromatic heterocycles. The molecule has 0 saturated carbocycles. The number of nitrogens with zero attached hydrogens (tertiary/aromatic N) is 2. The largest absolute Gasteiger partial charge is 0.446 e. The minimum Gasteiger partial charge on any atom is -0.446 e. The van der Waals surface area contributed by atoms with Gasteiger partial charge in [0.15, 0.2) is 0 Å². The van der Waals surface area contributed by atoms with Gasteiger partial charge in [0.25, 0.3) is 0 Å². The van der Waals surface area contributed by atoms with E-state index in [2.05, 4.69) is 37.9 Å². The van der Waals surface area contributed by atoms with Crippen LogP contribution in [0, 0.1) is 0 Å². The predicted octanol–water partition coefficient (Wildman–Crippen LogP) is 10.7. The van der Waals surface area contributed by atoms with Crippen LogP contribution >= 0.6 is 0 Å². The number of rotatable bonds is 26. The van der Waals surface area contributed by atoms with E-state index in [9.17, 15) is 4.79 Å². The summed E-state index contributed by atoms with van der Waals surface area (Å²) < 4.78 is 5.96. The average molecular weight is 549 g/mol. The van der Waals surface area contributed by atoms with Crippen molar-refractivity contribution in [2.45, 2.75) is 174 Å². The van der Waals surface area contributed by atoms with Crippen molar-refractivity contribution in [2.75, 3.05) is 33.2 Å². The third kappa shape index (κ3) is 22.4. The molecule has 0 aliphatic carbocycles. The van der Waals surface area contributed by atoms with Crippen LogP contribution in [0.3, 0.4) is 0 Å². The van der Waals surface area contributed by atoms with E-state index >= 15 is 0 Å². The second-order valence-corrected chi connectivity index (χ2v) is 12.3. The minimum atomic E-state index is -0.0553. The van der Waals surface area contributed by atoms with Crippen LogP contribution in [0.5, 0.6) is 0 Å². The van der Waals surface area contributed by atoms with E-state index in [1.165, 1.54) is 128 Å². The molecule has 0 aromatic rings. The molecule has 4 nitrogen and oxygen atoms in total. The maximum atomic E-state index is 13.0. The zero-order chi connectivity index (χ0) is 28.2. The molecule has 1 amide bonds. The molecule has 1 saturated heterocycles. The van der Waals surface area contributed by atoms with Crippen molar-refractivity contribution >= 4 is 6.09 Å². The van der Waals surface area contributed by atoms with Gasteiger partial charge in [0.2, 0.25) is 0 Å². The van der Waals surface area contributed by atoms with Gasteiger partial charge in [-0.1, -0.05) is 129 Å². The molecule has 1 rings (SSSR count). The summed E-state index contributed by atoms with van der Waals surface area (Å²) in [5.41, 5.74) is 0. The highest BCUT2D eigenvalue weighted by atomic mass is 16.6. The van der Waals surface area contributed by atoms with Gasteiger partial charge in [0, 0.05) is 26.2 Å². The average Bonchev–Trinajstić information content (AvgIpc) is 2.94. The number of hydrogen-bond acceptors (Lipinski definition) is 3. The molecule has 1 heterocycles. The van der Waals surface area contributed by atoms with E-state index in [4.69, 9.17) is 4.74 Å². The lowest BCUT2D eigenvalue weighted by Crippen LogP contribution is -2.40. The van der Waals surface area contributed by atoms with Gasteiger partial charge in [0.05, 0.1) is 0 Å². The Morgan fingerprint density at radius 1 is 0.641 bits per heavy atom. The molecule has 0 atom stereocenters. The SMILES string of the molecule is CCCCCCCC/C=C\CCCCCCCCN(CCCCCCCCCC)C(=O)OC1CCN(C)CC1. The van der Waals surface area contributed by atoms with Crippen LogP contribution in [0.15, 0.2) is 12.2 Å². The van der Waals surface area contributed by atoms with Gasteiger partial charge in [-0.05, 0) is 58.4 Å². The fourth-order valence-corrected chi connectivity index (χ4v) is 5.60. The van der Waals surface area contributed by atoms with Crippen molar-refractivity contribution < 1.29 is 9.53 Å². The first-order chi connectivity index (χ1) is 19.2. The fraction of sp³-hybridized carbons (Fsp3) is 0.914. The smallest absolute Gasteiger partial charge is 0.410 e. The monoisotopic (exact) mass is 549 g/mol. The minimum absolute atomic E-state index is 0.0553. The van der Waals surface area contributed by atoms with Gasteiger partial charge >= 0.3 is 6.09 Å². The van der Waals surface area contributed by atoms with Gasteiger partial charge < -0.3 is 14.5 Å². The second-order valence-electron chi connectivity index (χ2n) is 12.3. The summed E-state index contributed by atoms with van der Waals surface area (Å²) in [6, 6.07) is 0. The first kappa shape index (κ1) is 36.0. The van der Waals surface area contributed by atoms with Gasteiger partial charge in [-0.25, -0.2) is 4.79 Å². The molecule has 230 valence electrons. The molecule has 1 fully saturated rings. The molecule has 0 radical (unpaired) electrons. The Morgan fingerprint density at radius 3 is 1.46 bits per heavy atom. The number of allylic oxidation sites excluding steroid dienone is 2. The highest BCUT2D eigenvalue weighted by Gasteiger charge is 2.23. The number of piperidine rings is 1. The third-order valence-electron chi connectivity index (χ3n) is 8.41. The maximum absolute atomic E-state index is 13.0. The second kappa shape index (κ2) is 27.2. The van der Waals surface area contributed by atoms with E-state index in [0.29, 0.717) is 0 Å². The summed E-state index contributed by atoms with van der Waals surface area (Å²) in [6.07, 6.45) is 35.7. The molecule has 4 heteroatoms. The molecule has 1 aliphatic rings. The first-order valence-electron chi connectivity index (χ1n) is 17.5. The number of amides is 1. The highest BCUT2D eigenvalue weighted by Crippen LogP contribution is 2.16. The van der Waals surface area contributed by atoms with E-state index in [1.807, 2.05) is 4.90 Å². The van der Waals surface area contributed by atoms with Crippen LogP contribution < -0.4 is 0 Å². The standard InChI is InChI=1S/C35H68N2O2/c1-4-6-8-10-12-14-15-16-17-18-19-20-21-23-25-27-31-37(30-26-24-22-13-11-9-7-5-2)35(38)39-34-28-32-36(3)33-29-34/h16-17,34H,4-15,18-33H2,1-3H3/b17-16-. The van der Waals surface area contributed by atoms with E-state index in [0.717, 1.165) is 51.9 Å². The Morgan fingerprint density at radius 2 is 1.03 bits per heavy atom. The first-order valence-corrected chi connectivity index (χ1v) is 17.5. The molecule has 0 aromatic carbocycles. The summed E-state index contributed by atoms with van der Waals surface area (Å²) in [4.78, 5) is 17.4. The number of carbonyl (C=O) groups is 1. The lowest BCUT2D eigenvalue weighted by Gasteiger charge is -2.31. The van der Waals surface area contributed by atoms with E-state index < -0.39 is 0 Å². The Labute approximate surface area is 244 Å². The molecule has 39 heavy (non-hydrogen) atoms. The zero-order valence-corrected chi connectivity index (χ0v) is 26.7. The van der Waals surface area contributed by atoms with Crippen LogP contribution in [0.4, 0.5) is 4.79 Å². The predicted molar refractivity (Wildman–Crippen MR) is 171 cm³/mol. The number of carbonyl (C=O) groups excluding carboxylic acids is 1. The van der Waals surface area contributed by atoms with E-state index in [-0.39, 0.29) is 12.2 Å². The zero-order valence-electron chi connectivity index (χ0n) is 26.7. The summed E-state index contributed by atoms with van der Waals surface area (Å²) in [7, 11) is 2.15. The van der Waals surface area contributed by atoms with Crippen LogP contribution in [0.2, 0.25) is 0 Å². The Hall–Kier alpha value is -1.03. The molecular formula is C35H68N2O2. The van der Waals surface area contributed by atoms with Crippen molar-refractivity contribution in [3.63, 3.8) is 0 Å². The van der Waals surface area contributed by atoms with E-state index in [1.54, 1.807) is 0 Å². The Balaban J connectivity index is 2.15. The summed E-state index contributed by atoms with van der Waals surface area (Å²) in [5, 5.41) is 0. The number of hydrogen-bond donors (Lipinski definition) is 0. The fourth-order valence-electron chi connectivity index (χ4n) is 5.60. The quantitative estimate of drug-likeness (QED) is 0.0796. The highest BCUT2D eigenvalue weighted by molar-refractivity contribution is 5.67. The lowest BCUT2D eigenvalue weighted by molar-refractivity contribution is 0.0323. The van der Waals surface area contributed by atoms with Crippen LogP contribution in [0.25, 0.3) is 0 Å².